The highest BCUT2D eigenvalue weighted by molar-refractivity contribution is 5.76. The lowest BCUT2D eigenvalue weighted by Crippen LogP contribution is -2.45. The Morgan fingerprint density at radius 3 is 1.49 bits per heavy atom. The van der Waals surface area contributed by atoms with Crippen molar-refractivity contribution in [2.75, 3.05) is 6.61 Å². The van der Waals surface area contributed by atoms with Gasteiger partial charge in [-0.25, -0.2) is 0 Å². The standard InChI is InChI=1S/C35H67NO3/c1-3-5-7-9-10-11-12-13-14-15-16-17-18-19-20-21-22-23-24-25-26-27-28-30-34(38)33(32-37)36-35(39)31-29-8-6-4-2/h24-25,28,30,33-34,37-38H,3-23,26-27,29,31-32H2,1-2H3,(H,36,39)/b25-24+,30-28+. The van der Waals surface area contributed by atoms with Crippen molar-refractivity contribution in [3.05, 3.63) is 24.3 Å². The van der Waals surface area contributed by atoms with E-state index < -0.39 is 12.1 Å². The highest BCUT2D eigenvalue weighted by Gasteiger charge is 2.17. The lowest BCUT2D eigenvalue weighted by atomic mass is 10.0. The second-order valence-electron chi connectivity index (χ2n) is 11.6. The minimum absolute atomic E-state index is 0.0927. The summed E-state index contributed by atoms with van der Waals surface area (Å²) in [5, 5.41) is 22.5. The lowest BCUT2D eigenvalue weighted by molar-refractivity contribution is -0.123. The topological polar surface area (TPSA) is 69.6 Å². The zero-order valence-electron chi connectivity index (χ0n) is 26.2. The number of unbranched alkanes of at least 4 members (excludes halogenated alkanes) is 21. The number of aliphatic hydroxyl groups is 2. The average Bonchev–Trinajstić information content (AvgIpc) is 2.94. The molecular weight excluding hydrogens is 482 g/mol. The number of carbonyl (C=O) groups is 1. The number of carbonyl (C=O) groups excluding carboxylic acids is 1. The van der Waals surface area contributed by atoms with Crippen molar-refractivity contribution in [3.8, 4) is 0 Å². The number of allylic oxidation sites excluding steroid dienone is 3. The van der Waals surface area contributed by atoms with Gasteiger partial charge >= 0.3 is 0 Å². The van der Waals surface area contributed by atoms with E-state index in [9.17, 15) is 15.0 Å². The molecule has 0 aliphatic heterocycles. The number of rotatable bonds is 30. The van der Waals surface area contributed by atoms with Gasteiger partial charge in [-0.1, -0.05) is 160 Å². The summed E-state index contributed by atoms with van der Waals surface area (Å²) in [6.45, 7) is 4.17. The summed E-state index contributed by atoms with van der Waals surface area (Å²) in [6.07, 6.45) is 38.9. The third kappa shape index (κ3) is 28.2. The van der Waals surface area contributed by atoms with E-state index in [1.54, 1.807) is 6.08 Å². The van der Waals surface area contributed by atoms with Gasteiger partial charge in [-0.15, -0.1) is 0 Å². The van der Waals surface area contributed by atoms with Crippen molar-refractivity contribution >= 4 is 5.91 Å². The Hall–Kier alpha value is -1.13. The molecule has 39 heavy (non-hydrogen) atoms. The van der Waals surface area contributed by atoms with Gasteiger partial charge in [0.15, 0.2) is 0 Å². The molecular formula is C35H67NO3. The quantitative estimate of drug-likeness (QED) is 0.0617. The van der Waals surface area contributed by atoms with Crippen LogP contribution in [0.5, 0.6) is 0 Å². The van der Waals surface area contributed by atoms with Gasteiger partial charge in [0.25, 0.3) is 0 Å². The van der Waals surface area contributed by atoms with Gasteiger partial charge < -0.3 is 15.5 Å². The first kappa shape index (κ1) is 37.9. The fourth-order valence-corrected chi connectivity index (χ4v) is 5.02. The molecule has 0 aliphatic rings. The van der Waals surface area contributed by atoms with Crippen molar-refractivity contribution in [1.29, 1.82) is 0 Å². The molecule has 3 N–H and O–H groups in total. The van der Waals surface area contributed by atoms with Gasteiger partial charge in [0.05, 0.1) is 18.8 Å². The number of nitrogens with one attached hydrogen (secondary N) is 1. The molecule has 1 amide bonds. The van der Waals surface area contributed by atoms with Crippen molar-refractivity contribution in [3.63, 3.8) is 0 Å². The maximum Gasteiger partial charge on any atom is 0.220 e. The van der Waals surface area contributed by atoms with Crippen LogP contribution < -0.4 is 5.32 Å². The van der Waals surface area contributed by atoms with Crippen molar-refractivity contribution in [2.24, 2.45) is 0 Å². The van der Waals surface area contributed by atoms with Crippen LogP contribution in [0, 0.1) is 0 Å². The van der Waals surface area contributed by atoms with Crippen LogP contribution in [0.3, 0.4) is 0 Å². The summed E-state index contributed by atoms with van der Waals surface area (Å²) in [4.78, 5) is 12.0. The fraction of sp³-hybridized carbons (Fsp3) is 0.857. The van der Waals surface area contributed by atoms with E-state index in [2.05, 4.69) is 31.3 Å². The Labute approximate surface area is 243 Å². The SMILES string of the molecule is CCCCCCCCCCCCCCCCCCC/C=C/CC/C=C/C(O)C(CO)NC(=O)CCCCCC. The molecule has 0 heterocycles. The molecule has 4 heteroatoms. The molecule has 2 unspecified atom stereocenters. The highest BCUT2D eigenvalue weighted by atomic mass is 16.3. The second-order valence-corrected chi connectivity index (χ2v) is 11.6. The van der Waals surface area contributed by atoms with Crippen LogP contribution in [0.4, 0.5) is 0 Å². The maximum absolute atomic E-state index is 12.0. The molecule has 0 aliphatic carbocycles. The largest absolute Gasteiger partial charge is 0.394 e. The van der Waals surface area contributed by atoms with Crippen LogP contribution in [-0.4, -0.2) is 34.9 Å². The molecule has 0 saturated carbocycles. The van der Waals surface area contributed by atoms with E-state index in [1.807, 2.05) is 6.08 Å². The highest BCUT2D eigenvalue weighted by Crippen LogP contribution is 2.14. The van der Waals surface area contributed by atoms with Crippen LogP contribution in [0.25, 0.3) is 0 Å². The molecule has 0 rings (SSSR count). The van der Waals surface area contributed by atoms with Gasteiger partial charge in [-0.3, -0.25) is 4.79 Å². The van der Waals surface area contributed by atoms with Gasteiger partial charge in [-0.05, 0) is 32.1 Å². The van der Waals surface area contributed by atoms with Crippen LogP contribution in [0.15, 0.2) is 24.3 Å². The molecule has 0 aromatic rings. The predicted octanol–water partition coefficient (Wildman–Crippen LogP) is 9.73. The zero-order chi connectivity index (χ0) is 28.7. The Morgan fingerprint density at radius 2 is 1.00 bits per heavy atom. The van der Waals surface area contributed by atoms with Gasteiger partial charge in [0.2, 0.25) is 5.91 Å². The first-order valence-corrected chi connectivity index (χ1v) is 17.1. The van der Waals surface area contributed by atoms with Crippen molar-refractivity contribution < 1.29 is 15.0 Å². The lowest BCUT2D eigenvalue weighted by Gasteiger charge is -2.19. The molecule has 230 valence electrons. The van der Waals surface area contributed by atoms with Crippen LogP contribution in [0.1, 0.15) is 174 Å². The molecule has 0 fully saturated rings. The van der Waals surface area contributed by atoms with E-state index >= 15 is 0 Å². The summed E-state index contributed by atoms with van der Waals surface area (Å²) in [7, 11) is 0. The number of hydrogen-bond donors (Lipinski definition) is 3. The normalized spacial score (nSPS) is 13.4. The first-order valence-electron chi connectivity index (χ1n) is 17.1. The van der Waals surface area contributed by atoms with Crippen LogP contribution >= 0.6 is 0 Å². The third-order valence-electron chi connectivity index (χ3n) is 7.69. The van der Waals surface area contributed by atoms with E-state index in [1.165, 1.54) is 109 Å². The third-order valence-corrected chi connectivity index (χ3v) is 7.69. The summed E-state index contributed by atoms with van der Waals surface area (Å²) in [5.41, 5.74) is 0. The Bertz CT molecular complexity index is 560. The summed E-state index contributed by atoms with van der Waals surface area (Å²) >= 11 is 0. The molecule has 0 radical (unpaired) electrons. The van der Waals surface area contributed by atoms with Gasteiger partial charge in [0, 0.05) is 6.42 Å². The Morgan fingerprint density at radius 1 is 0.590 bits per heavy atom. The smallest absolute Gasteiger partial charge is 0.220 e. The molecule has 2 atom stereocenters. The first-order chi connectivity index (χ1) is 19.2. The molecule has 0 bridgehead atoms. The molecule has 0 aromatic carbocycles. The maximum atomic E-state index is 12.0. The average molecular weight is 550 g/mol. The predicted molar refractivity (Wildman–Crippen MR) is 170 cm³/mol. The zero-order valence-corrected chi connectivity index (χ0v) is 26.2. The summed E-state index contributed by atoms with van der Waals surface area (Å²) in [5.74, 6) is -0.0927. The summed E-state index contributed by atoms with van der Waals surface area (Å²) < 4.78 is 0. The fourth-order valence-electron chi connectivity index (χ4n) is 5.02. The van der Waals surface area contributed by atoms with E-state index in [-0.39, 0.29) is 12.5 Å². The van der Waals surface area contributed by atoms with Gasteiger partial charge in [-0.2, -0.15) is 0 Å². The number of hydrogen-bond acceptors (Lipinski definition) is 3. The van der Waals surface area contributed by atoms with Crippen LogP contribution in [-0.2, 0) is 4.79 Å². The van der Waals surface area contributed by atoms with Crippen molar-refractivity contribution in [1.82, 2.24) is 5.32 Å². The second kappa shape index (κ2) is 31.4. The van der Waals surface area contributed by atoms with Gasteiger partial charge in [0.1, 0.15) is 0 Å². The van der Waals surface area contributed by atoms with Crippen molar-refractivity contribution in [2.45, 2.75) is 187 Å². The van der Waals surface area contributed by atoms with Crippen LogP contribution in [0.2, 0.25) is 0 Å². The molecule has 0 saturated heterocycles. The van der Waals surface area contributed by atoms with E-state index in [0.29, 0.717) is 6.42 Å². The summed E-state index contributed by atoms with van der Waals surface area (Å²) in [6, 6.07) is -0.629. The van der Waals surface area contributed by atoms with E-state index in [4.69, 9.17) is 0 Å². The Kier molecular flexibility index (Phi) is 30.5. The number of amides is 1. The molecule has 0 aromatic heterocycles. The van der Waals surface area contributed by atoms with E-state index in [0.717, 1.165) is 44.9 Å². The minimum Gasteiger partial charge on any atom is -0.394 e. The monoisotopic (exact) mass is 550 g/mol. The number of aliphatic hydroxyl groups excluding tert-OH is 2. The Balaban J connectivity index is 3.51. The molecule has 0 spiro atoms. The minimum atomic E-state index is -0.853. The molecule has 4 nitrogen and oxygen atoms in total.